The summed E-state index contributed by atoms with van der Waals surface area (Å²) in [5, 5.41) is 0. The van der Waals surface area contributed by atoms with Gasteiger partial charge in [-0.05, 0) is 113 Å². The lowest BCUT2D eigenvalue weighted by atomic mass is 9.67. The van der Waals surface area contributed by atoms with E-state index in [1.54, 1.807) is 6.92 Å². The summed E-state index contributed by atoms with van der Waals surface area (Å²) >= 11 is 0. The second-order valence-electron chi connectivity index (χ2n) is 10.9. The second kappa shape index (κ2) is 12.4. The van der Waals surface area contributed by atoms with Crippen LogP contribution in [-0.4, -0.2) is 25.4 Å². The number of ether oxygens (including phenoxy) is 3. The van der Waals surface area contributed by atoms with Crippen LogP contribution in [0.1, 0.15) is 83.1 Å². The van der Waals surface area contributed by atoms with Crippen molar-refractivity contribution in [3.05, 3.63) is 36.2 Å². The Morgan fingerprint density at radius 1 is 0.919 bits per heavy atom. The molecule has 4 rings (SSSR count). The zero-order valence-electron chi connectivity index (χ0n) is 21.6. The molecule has 1 heterocycles. The molecule has 37 heavy (non-hydrogen) atoms. The van der Waals surface area contributed by atoms with Crippen LogP contribution in [0.25, 0.3) is 0 Å². The zero-order chi connectivity index (χ0) is 26.6. The van der Waals surface area contributed by atoms with Gasteiger partial charge in [-0.25, -0.2) is 13.2 Å². The summed E-state index contributed by atoms with van der Waals surface area (Å²) in [6, 6.07) is 1.92. The maximum atomic E-state index is 14.9. The normalized spacial score (nSPS) is 31.2. The Hall–Kier alpha value is -1.83. The molecular formula is C29H39F5O3. The first-order chi connectivity index (χ1) is 17.7. The number of halogens is 5. The molecule has 8 heteroatoms. The molecule has 2 atom stereocenters. The summed E-state index contributed by atoms with van der Waals surface area (Å²) < 4.78 is 86.6. The van der Waals surface area contributed by atoms with Gasteiger partial charge in [-0.1, -0.05) is 6.08 Å². The zero-order valence-corrected chi connectivity index (χ0v) is 21.6. The van der Waals surface area contributed by atoms with E-state index in [4.69, 9.17) is 9.47 Å². The fraction of sp³-hybridized carbons (Fsp3) is 0.724. The van der Waals surface area contributed by atoms with Crippen LogP contribution < -0.4 is 9.47 Å². The molecule has 2 unspecified atom stereocenters. The Bertz CT molecular complexity index is 884. The Morgan fingerprint density at radius 2 is 1.46 bits per heavy atom. The van der Waals surface area contributed by atoms with Crippen molar-refractivity contribution in [1.82, 2.24) is 0 Å². The number of hydrogen-bond donors (Lipinski definition) is 0. The van der Waals surface area contributed by atoms with Crippen molar-refractivity contribution in [3.63, 3.8) is 0 Å². The Balaban J connectivity index is 1.29. The maximum Gasteiger partial charge on any atom is 0.424 e. The quantitative estimate of drug-likeness (QED) is 0.236. The first-order valence-electron chi connectivity index (χ1n) is 13.8. The van der Waals surface area contributed by atoms with E-state index in [9.17, 15) is 22.0 Å². The van der Waals surface area contributed by atoms with E-state index in [0.29, 0.717) is 18.3 Å². The van der Waals surface area contributed by atoms with Crippen molar-refractivity contribution in [1.29, 1.82) is 0 Å². The van der Waals surface area contributed by atoms with Crippen LogP contribution in [0.5, 0.6) is 11.5 Å². The fourth-order valence-electron chi connectivity index (χ4n) is 6.68. The van der Waals surface area contributed by atoms with Gasteiger partial charge >= 0.3 is 6.11 Å². The highest BCUT2D eigenvalue weighted by Crippen LogP contribution is 2.46. The molecule has 2 aliphatic carbocycles. The summed E-state index contributed by atoms with van der Waals surface area (Å²) in [5.41, 5.74) is -1.23. The van der Waals surface area contributed by atoms with Crippen LogP contribution in [0, 0.1) is 35.4 Å². The molecule has 0 spiro atoms. The van der Waals surface area contributed by atoms with E-state index in [1.165, 1.54) is 38.5 Å². The van der Waals surface area contributed by atoms with Gasteiger partial charge in [-0.15, -0.1) is 6.58 Å². The van der Waals surface area contributed by atoms with Crippen LogP contribution in [0.15, 0.2) is 24.8 Å². The largest absolute Gasteiger partial charge is 0.491 e. The third kappa shape index (κ3) is 6.61. The van der Waals surface area contributed by atoms with Gasteiger partial charge in [0.15, 0.2) is 17.7 Å². The van der Waals surface area contributed by atoms with E-state index < -0.39 is 41.5 Å². The highest BCUT2D eigenvalue weighted by molar-refractivity contribution is 5.43. The molecule has 208 valence electrons. The molecule has 3 fully saturated rings. The van der Waals surface area contributed by atoms with Gasteiger partial charge in [0.25, 0.3) is 6.43 Å². The molecule has 3 aliphatic rings. The molecule has 0 bridgehead atoms. The molecule has 0 radical (unpaired) electrons. The predicted octanol–water partition coefficient (Wildman–Crippen LogP) is 8.73. The van der Waals surface area contributed by atoms with Gasteiger partial charge < -0.3 is 14.2 Å². The topological polar surface area (TPSA) is 27.7 Å². The van der Waals surface area contributed by atoms with Gasteiger partial charge in [0.2, 0.25) is 0 Å². The standard InChI is InChI=1S/C29H39F5O3/c1-3-18-5-7-19(8-6-18)20-9-11-21(12-10-20)22-13-16-25(36-17-22)29(33,34)37-23-14-15-24(35-4-2)27(30)26(23)28(31)32/h3,14-15,18-22,25,28H,1,4-13,16-17H2,2H3. The first kappa shape index (κ1) is 28.2. The minimum Gasteiger partial charge on any atom is -0.491 e. The fourth-order valence-corrected chi connectivity index (χ4v) is 6.68. The Labute approximate surface area is 216 Å². The molecule has 1 saturated heterocycles. The average molecular weight is 531 g/mol. The van der Waals surface area contributed by atoms with E-state index >= 15 is 0 Å². The summed E-state index contributed by atoms with van der Waals surface area (Å²) in [6.07, 6.45) is 3.56. The molecule has 0 amide bonds. The van der Waals surface area contributed by atoms with Crippen molar-refractivity contribution in [2.24, 2.45) is 29.6 Å². The lowest BCUT2D eigenvalue weighted by Gasteiger charge is -2.41. The molecule has 1 aliphatic heterocycles. The molecule has 3 nitrogen and oxygen atoms in total. The van der Waals surface area contributed by atoms with Crippen LogP contribution >= 0.6 is 0 Å². The number of hydrogen-bond acceptors (Lipinski definition) is 3. The molecule has 1 aromatic carbocycles. The third-order valence-electron chi connectivity index (χ3n) is 8.85. The van der Waals surface area contributed by atoms with Gasteiger partial charge in [-0.2, -0.15) is 8.78 Å². The van der Waals surface area contributed by atoms with Crippen LogP contribution in [0.3, 0.4) is 0 Å². The van der Waals surface area contributed by atoms with Crippen molar-refractivity contribution in [3.8, 4) is 11.5 Å². The number of benzene rings is 1. The molecule has 0 N–H and O–H groups in total. The van der Waals surface area contributed by atoms with E-state index in [1.807, 2.05) is 0 Å². The van der Waals surface area contributed by atoms with E-state index in [2.05, 4.69) is 17.4 Å². The average Bonchev–Trinajstić information content (AvgIpc) is 2.90. The monoisotopic (exact) mass is 530 g/mol. The molecule has 1 aromatic rings. The Kier molecular flexibility index (Phi) is 9.41. The number of allylic oxidation sites excluding steroid dienone is 1. The van der Waals surface area contributed by atoms with E-state index in [0.717, 1.165) is 36.8 Å². The highest BCUT2D eigenvalue weighted by atomic mass is 19.3. The summed E-state index contributed by atoms with van der Waals surface area (Å²) in [6.45, 7) is 5.74. The smallest absolute Gasteiger partial charge is 0.424 e. The lowest BCUT2D eigenvalue weighted by molar-refractivity contribution is -0.267. The molecule has 2 saturated carbocycles. The third-order valence-corrected chi connectivity index (χ3v) is 8.85. The summed E-state index contributed by atoms with van der Waals surface area (Å²) in [5.74, 6) is 0.181. The second-order valence-corrected chi connectivity index (χ2v) is 10.9. The molecular weight excluding hydrogens is 491 g/mol. The maximum absolute atomic E-state index is 14.9. The van der Waals surface area contributed by atoms with E-state index in [-0.39, 0.29) is 25.6 Å². The highest BCUT2D eigenvalue weighted by Gasteiger charge is 2.47. The van der Waals surface area contributed by atoms with Crippen molar-refractivity contribution in [2.45, 2.75) is 89.8 Å². The first-order valence-corrected chi connectivity index (χ1v) is 13.8. The van der Waals surface area contributed by atoms with Gasteiger partial charge in [-0.3, -0.25) is 0 Å². The number of alkyl halides is 4. The van der Waals surface area contributed by atoms with Crippen molar-refractivity contribution < 1.29 is 36.2 Å². The Morgan fingerprint density at radius 3 is 1.97 bits per heavy atom. The van der Waals surface area contributed by atoms with Crippen LogP contribution in [-0.2, 0) is 4.74 Å². The minimum absolute atomic E-state index is 0.0471. The van der Waals surface area contributed by atoms with Crippen molar-refractivity contribution >= 4 is 0 Å². The molecule has 0 aromatic heterocycles. The van der Waals surface area contributed by atoms with Gasteiger partial charge in [0.1, 0.15) is 5.75 Å². The minimum atomic E-state index is -3.86. The van der Waals surface area contributed by atoms with Crippen LogP contribution in [0.4, 0.5) is 22.0 Å². The van der Waals surface area contributed by atoms with Gasteiger partial charge in [0, 0.05) is 0 Å². The lowest BCUT2D eigenvalue weighted by Crippen LogP contribution is -2.46. The summed E-state index contributed by atoms with van der Waals surface area (Å²) in [7, 11) is 0. The van der Waals surface area contributed by atoms with Crippen LogP contribution in [0.2, 0.25) is 0 Å². The van der Waals surface area contributed by atoms with Gasteiger partial charge in [0.05, 0.1) is 18.8 Å². The number of rotatable bonds is 9. The summed E-state index contributed by atoms with van der Waals surface area (Å²) in [4.78, 5) is 0. The predicted molar refractivity (Wildman–Crippen MR) is 132 cm³/mol. The van der Waals surface area contributed by atoms with Crippen molar-refractivity contribution in [2.75, 3.05) is 13.2 Å². The SMILES string of the molecule is C=CC1CCC(C2CCC(C3CCC(C(F)(F)Oc4ccc(OCC)c(F)c4C(F)F)OC3)CC2)CC1.